The number of fused-ring (bicyclic) bond motifs is 2. The molecule has 0 aliphatic heterocycles. The van der Waals surface area contributed by atoms with Crippen LogP contribution in [0.4, 0.5) is 0 Å². The Morgan fingerprint density at radius 3 is 2.14 bits per heavy atom. The predicted molar refractivity (Wildman–Crippen MR) is 135 cm³/mol. The Bertz CT molecular complexity index is 983. The zero-order chi connectivity index (χ0) is 24.9. The van der Waals surface area contributed by atoms with Gasteiger partial charge in [0.1, 0.15) is 12.4 Å². The molecule has 2 bridgehead atoms. The first-order valence-corrected chi connectivity index (χ1v) is 13.0. The quantitative estimate of drug-likeness (QED) is 0.400. The Balaban J connectivity index is 1.40. The van der Waals surface area contributed by atoms with E-state index in [1.165, 1.54) is 12.0 Å². The molecule has 0 amide bonds. The molecule has 0 radical (unpaired) electrons. The molecular weight excluding hydrogens is 440 g/mol. The van der Waals surface area contributed by atoms with Gasteiger partial charge in [-0.1, -0.05) is 49.4 Å². The Hall–Kier alpha value is -2.82. The molecule has 0 aromatic heterocycles. The highest BCUT2D eigenvalue weighted by molar-refractivity contribution is 5.76. The van der Waals surface area contributed by atoms with Crippen LogP contribution >= 0.6 is 0 Å². The first-order valence-electron chi connectivity index (χ1n) is 13.0. The second-order valence-electron chi connectivity index (χ2n) is 10.7. The molecule has 0 N–H and O–H groups in total. The smallest absolute Gasteiger partial charge is 0.344 e. The van der Waals surface area contributed by atoms with Crippen molar-refractivity contribution in [3.63, 3.8) is 0 Å². The van der Waals surface area contributed by atoms with Gasteiger partial charge in [0, 0.05) is 0 Å². The van der Waals surface area contributed by atoms with E-state index in [2.05, 4.69) is 26.0 Å². The number of esters is 2. The van der Waals surface area contributed by atoms with Crippen LogP contribution in [0.1, 0.15) is 70.4 Å². The van der Waals surface area contributed by atoms with Crippen LogP contribution in [0, 0.1) is 17.3 Å². The second-order valence-corrected chi connectivity index (χ2v) is 10.7. The standard InChI is InChI=1S/C30H38O5/c1-4-30(25-11-13-26(14-12-25)34-21-27(31)33-5-2)18-23-15-24(19-30)17-29(3,16-23)28(32)35-20-22-9-7-6-8-10-22/h6-14,23-24H,4-5,15-21H2,1-3H3. The van der Waals surface area contributed by atoms with Crippen molar-refractivity contribution in [3.05, 3.63) is 65.7 Å². The summed E-state index contributed by atoms with van der Waals surface area (Å²) in [5.74, 6) is 1.29. The topological polar surface area (TPSA) is 61.8 Å². The normalized spacial score (nSPS) is 27.6. The maximum absolute atomic E-state index is 13.1. The van der Waals surface area contributed by atoms with Crippen LogP contribution < -0.4 is 4.74 Å². The van der Waals surface area contributed by atoms with Crippen molar-refractivity contribution in [1.82, 2.24) is 0 Å². The van der Waals surface area contributed by atoms with Gasteiger partial charge in [-0.05, 0) is 92.9 Å². The van der Waals surface area contributed by atoms with E-state index >= 15 is 0 Å². The predicted octanol–water partition coefficient (Wildman–Crippen LogP) is 6.24. The minimum Gasteiger partial charge on any atom is -0.482 e. The van der Waals surface area contributed by atoms with Crippen molar-refractivity contribution in [2.24, 2.45) is 17.3 Å². The van der Waals surface area contributed by atoms with Gasteiger partial charge in [0.15, 0.2) is 6.61 Å². The van der Waals surface area contributed by atoms with Gasteiger partial charge in [0.2, 0.25) is 0 Å². The summed E-state index contributed by atoms with van der Waals surface area (Å²) >= 11 is 0. The number of rotatable bonds is 9. The van der Waals surface area contributed by atoms with Gasteiger partial charge >= 0.3 is 11.9 Å². The summed E-state index contributed by atoms with van der Waals surface area (Å²) in [4.78, 5) is 24.7. The third-order valence-corrected chi connectivity index (χ3v) is 8.01. The summed E-state index contributed by atoms with van der Waals surface area (Å²) in [7, 11) is 0. The summed E-state index contributed by atoms with van der Waals surface area (Å²) in [6, 6.07) is 18.1. The number of carbonyl (C=O) groups excluding carboxylic acids is 2. The molecule has 0 saturated heterocycles. The van der Waals surface area contributed by atoms with Crippen LogP contribution in [0.15, 0.2) is 54.6 Å². The summed E-state index contributed by atoms with van der Waals surface area (Å²) in [6.45, 7) is 6.79. The van der Waals surface area contributed by atoms with E-state index in [4.69, 9.17) is 14.2 Å². The second kappa shape index (κ2) is 10.8. The molecule has 2 aromatic rings. The van der Waals surface area contributed by atoms with Crippen LogP contribution in [0.3, 0.4) is 0 Å². The molecule has 2 aliphatic carbocycles. The largest absolute Gasteiger partial charge is 0.482 e. The lowest BCUT2D eigenvalue weighted by Gasteiger charge is -2.51. The molecule has 2 saturated carbocycles. The van der Waals surface area contributed by atoms with Crippen LogP contribution in [-0.4, -0.2) is 25.2 Å². The average molecular weight is 479 g/mol. The molecule has 5 heteroatoms. The van der Waals surface area contributed by atoms with Crippen molar-refractivity contribution in [1.29, 1.82) is 0 Å². The van der Waals surface area contributed by atoms with Crippen molar-refractivity contribution in [3.8, 4) is 5.75 Å². The minimum atomic E-state index is -0.410. The molecule has 2 unspecified atom stereocenters. The minimum absolute atomic E-state index is 0.0526. The zero-order valence-electron chi connectivity index (χ0n) is 21.3. The summed E-state index contributed by atoms with van der Waals surface area (Å²) < 4.78 is 16.3. The van der Waals surface area contributed by atoms with E-state index in [0.717, 1.165) is 37.7 Å². The number of benzene rings is 2. The first-order chi connectivity index (χ1) is 16.9. The lowest BCUT2D eigenvalue weighted by atomic mass is 9.53. The molecule has 2 aromatic carbocycles. The summed E-state index contributed by atoms with van der Waals surface area (Å²) in [5.41, 5.74) is 2.06. The SMILES string of the molecule is CCOC(=O)COc1ccc(C2(CC)CC3CC(CC(C)(C(=O)OCc4ccccc4)C3)C2)cc1. The Morgan fingerprint density at radius 1 is 0.886 bits per heavy atom. The number of ether oxygens (including phenoxy) is 3. The zero-order valence-corrected chi connectivity index (χ0v) is 21.3. The highest BCUT2D eigenvalue weighted by Gasteiger charge is 2.50. The van der Waals surface area contributed by atoms with Gasteiger partial charge < -0.3 is 14.2 Å². The highest BCUT2D eigenvalue weighted by Crippen LogP contribution is 2.56. The van der Waals surface area contributed by atoms with Crippen molar-refractivity contribution in [2.75, 3.05) is 13.2 Å². The summed E-state index contributed by atoms with van der Waals surface area (Å²) in [6.07, 6.45) is 6.22. The molecule has 4 rings (SSSR count). The molecule has 0 heterocycles. The molecule has 0 spiro atoms. The van der Waals surface area contributed by atoms with Gasteiger partial charge in [-0.25, -0.2) is 4.79 Å². The van der Waals surface area contributed by atoms with E-state index in [1.807, 2.05) is 42.5 Å². The lowest BCUT2D eigenvalue weighted by molar-refractivity contribution is -0.162. The van der Waals surface area contributed by atoms with Crippen molar-refractivity contribution in [2.45, 2.75) is 71.3 Å². The molecule has 2 atom stereocenters. The van der Waals surface area contributed by atoms with E-state index in [-0.39, 0.29) is 24.0 Å². The van der Waals surface area contributed by atoms with Gasteiger partial charge in [0.05, 0.1) is 12.0 Å². The molecule has 35 heavy (non-hydrogen) atoms. The van der Waals surface area contributed by atoms with Gasteiger partial charge in [-0.3, -0.25) is 4.79 Å². The van der Waals surface area contributed by atoms with Crippen LogP contribution in [0.25, 0.3) is 0 Å². The molecule has 2 fully saturated rings. The Labute approximate surface area is 209 Å². The molecule has 188 valence electrons. The van der Waals surface area contributed by atoms with Crippen LogP contribution in [-0.2, 0) is 31.1 Å². The Morgan fingerprint density at radius 2 is 1.54 bits per heavy atom. The van der Waals surface area contributed by atoms with E-state index in [9.17, 15) is 9.59 Å². The van der Waals surface area contributed by atoms with Crippen molar-refractivity contribution < 1.29 is 23.8 Å². The molecule has 5 nitrogen and oxygen atoms in total. The van der Waals surface area contributed by atoms with Crippen LogP contribution in [0.5, 0.6) is 5.75 Å². The van der Waals surface area contributed by atoms with E-state index in [0.29, 0.717) is 30.8 Å². The fourth-order valence-electron chi connectivity index (χ4n) is 6.54. The maximum Gasteiger partial charge on any atom is 0.344 e. The van der Waals surface area contributed by atoms with Crippen molar-refractivity contribution >= 4 is 11.9 Å². The number of carbonyl (C=O) groups is 2. The lowest BCUT2D eigenvalue weighted by Crippen LogP contribution is -2.46. The van der Waals surface area contributed by atoms with Gasteiger partial charge in [0.25, 0.3) is 0 Å². The monoisotopic (exact) mass is 478 g/mol. The summed E-state index contributed by atoms with van der Waals surface area (Å²) in [5, 5.41) is 0. The Kier molecular flexibility index (Phi) is 7.83. The van der Waals surface area contributed by atoms with Gasteiger partial charge in [-0.15, -0.1) is 0 Å². The van der Waals surface area contributed by atoms with Gasteiger partial charge in [-0.2, -0.15) is 0 Å². The maximum atomic E-state index is 13.1. The molecular formula is C30H38O5. The number of hydrogen-bond donors (Lipinski definition) is 0. The first kappa shape index (κ1) is 25.3. The fraction of sp³-hybridized carbons (Fsp3) is 0.533. The van der Waals surface area contributed by atoms with E-state index in [1.54, 1.807) is 6.92 Å². The number of hydrogen-bond acceptors (Lipinski definition) is 5. The van der Waals surface area contributed by atoms with E-state index < -0.39 is 5.41 Å². The highest BCUT2D eigenvalue weighted by atomic mass is 16.6. The third kappa shape index (κ3) is 5.88. The third-order valence-electron chi connectivity index (χ3n) is 8.01. The molecule has 2 aliphatic rings. The fourth-order valence-corrected chi connectivity index (χ4v) is 6.54. The average Bonchev–Trinajstić information content (AvgIpc) is 2.86. The van der Waals surface area contributed by atoms with Crippen LogP contribution in [0.2, 0.25) is 0 Å².